The molecule has 0 aliphatic carbocycles. The third-order valence-corrected chi connectivity index (χ3v) is 3.38. The molecule has 2 nitrogen and oxygen atoms in total. The van der Waals surface area contributed by atoms with Crippen molar-refractivity contribution in [2.75, 3.05) is 0 Å². The number of rotatable bonds is 4. The minimum absolute atomic E-state index is 0.433. The summed E-state index contributed by atoms with van der Waals surface area (Å²) in [5.74, 6) is 0. The van der Waals surface area contributed by atoms with Gasteiger partial charge in [0.2, 0.25) is 0 Å². The monoisotopic (exact) mass is 290 g/mol. The number of thiocarbonyl (C=S) groups is 2. The van der Waals surface area contributed by atoms with Crippen molar-refractivity contribution in [1.82, 2.24) is 0 Å². The first-order valence-electron chi connectivity index (χ1n) is 6.05. The highest BCUT2D eigenvalue weighted by atomic mass is 32.1. The molecule has 0 aliphatic rings. The van der Waals surface area contributed by atoms with Crippen molar-refractivity contribution in [3.05, 3.63) is 34.9 Å². The van der Waals surface area contributed by atoms with Gasteiger partial charge in [-0.3, -0.25) is 0 Å². The van der Waals surface area contributed by atoms with E-state index in [-0.39, 0.29) is 0 Å². The molecule has 100 valence electrons. The second-order valence-corrected chi connectivity index (χ2v) is 5.89. The molecule has 0 radical (unpaired) electrons. The van der Waals surface area contributed by atoms with Crippen LogP contribution >= 0.6 is 24.4 Å². The van der Waals surface area contributed by atoms with Crippen LogP contribution in [-0.2, 0) is 11.1 Å². The molecule has 0 spiro atoms. The maximum Gasteiger partial charge on any atom is 0.0909 e. The summed E-state index contributed by atoms with van der Waals surface area (Å²) in [7, 11) is 0. The van der Waals surface area contributed by atoms with Crippen molar-refractivity contribution in [3.8, 4) is 0 Å². The summed E-state index contributed by atoms with van der Waals surface area (Å²) >= 11 is 9.51. The number of hydrogen-bond donors (Lipinski definition) is 0. The first-order chi connectivity index (χ1) is 8.76. The Morgan fingerprint density at radius 3 is 2.00 bits per heavy atom. The van der Waals surface area contributed by atoms with Crippen molar-refractivity contribution < 1.29 is 0 Å². The molecule has 4 heteroatoms. The maximum absolute atomic E-state index is 4.76. The van der Waals surface area contributed by atoms with Gasteiger partial charge in [-0.2, -0.15) is 0 Å². The smallest absolute Gasteiger partial charge is 0.0909 e. The zero-order valence-corrected chi connectivity index (χ0v) is 13.6. The molecule has 0 aliphatic heterocycles. The summed E-state index contributed by atoms with van der Waals surface area (Å²) in [6, 6.07) is 6.14. The van der Waals surface area contributed by atoms with Crippen molar-refractivity contribution in [1.29, 1.82) is 0 Å². The van der Waals surface area contributed by atoms with Crippen LogP contribution in [0.5, 0.6) is 0 Å². The summed E-state index contributed by atoms with van der Waals surface area (Å²) in [5, 5.41) is 4.96. The molecular formula is C15H18N2S2. The average Bonchev–Trinajstić information content (AvgIpc) is 2.28. The number of nitrogens with zero attached hydrogens (tertiary/aromatic N) is 2. The SMILES string of the molecule is Cc1cccc(C(C)(C)N=C=S)c1C(C)(C)N=C=S. The number of isothiocyanates is 2. The molecular weight excluding hydrogens is 272 g/mol. The van der Waals surface area contributed by atoms with Crippen LogP contribution in [0, 0.1) is 6.92 Å². The molecule has 0 bridgehead atoms. The van der Waals surface area contributed by atoms with Gasteiger partial charge in [-0.25, -0.2) is 9.98 Å². The lowest BCUT2D eigenvalue weighted by atomic mass is 9.80. The number of aliphatic imine (C=N–C) groups is 2. The Hall–Kier alpha value is -1.18. The summed E-state index contributed by atoms with van der Waals surface area (Å²) in [6.45, 7) is 10.1. The Morgan fingerprint density at radius 2 is 1.47 bits per heavy atom. The van der Waals surface area contributed by atoms with Crippen LogP contribution in [0.15, 0.2) is 28.2 Å². The Labute approximate surface area is 125 Å². The fourth-order valence-corrected chi connectivity index (χ4v) is 2.79. The van der Waals surface area contributed by atoms with Gasteiger partial charge >= 0.3 is 0 Å². The summed E-state index contributed by atoms with van der Waals surface area (Å²) in [4.78, 5) is 8.58. The molecule has 19 heavy (non-hydrogen) atoms. The van der Waals surface area contributed by atoms with Gasteiger partial charge in [-0.05, 0) is 75.7 Å². The highest BCUT2D eigenvalue weighted by Gasteiger charge is 2.31. The molecule has 1 aromatic carbocycles. The van der Waals surface area contributed by atoms with Crippen LogP contribution in [0.1, 0.15) is 44.4 Å². The summed E-state index contributed by atoms with van der Waals surface area (Å²) in [5.41, 5.74) is 2.49. The van der Waals surface area contributed by atoms with E-state index in [1.54, 1.807) is 0 Å². The van der Waals surface area contributed by atoms with Crippen LogP contribution in [-0.4, -0.2) is 10.3 Å². The highest BCUT2D eigenvalue weighted by molar-refractivity contribution is 7.78. The zero-order chi connectivity index (χ0) is 14.7. The third kappa shape index (κ3) is 3.43. The lowest BCUT2D eigenvalue weighted by molar-refractivity contribution is 0.502. The summed E-state index contributed by atoms with van der Waals surface area (Å²) in [6.07, 6.45) is 0. The third-order valence-electron chi connectivity index (χ3n) is 3.19. The first-order valence-corrected chi connectivity index (χ1v) is 6.86. The van der Waals surface area contributed by atoms with Gasteiger partial charge in [0.25, 0.3) is 0 Å². The number of hydrogen-bond acceptors (Lipinski definition) is 4. The van der Waals surface area contributed by atoms with Gasteiger partial charge in [0.15, 0.2) is 0 Å². The van der Waals surface area contributed by atoms with E-state index < -0.39 is 11.1 Å². The molecule has 0 aromatic heterocycles. The van der Waals surface area contributed by atoms with E-state index in [2.05, 4.69) is 39.4 Å². The van der Waals surface area contributed by atoms with Crippen molar-refractivity contribution in [3.63, 3.8) is 0 Å². The molecule has 0 saturated carbocycles. The van der Waals surface area contributed by atoms with Gasteiger partial charge < -0.3 is 0 Å². The number of aryl methyl sites for hydroxylation is 1. The quantitative estimate of drug-likeness (QED) is 0.594. The molecule has 0 amide bonds. The standard InChI is InChI=1S/C15H18N2S2/c1-11-7-6-8-12(14(2,3)16-9-18)13(11)15(4,5)17-10-19/h6-8H,1-5H3. The topological polar surface area (TPSA) is 24.7 Å². The lowest BCUT2D eigenvalue weighted by Gasteiger charge is -2.30. The molecule has 0 saturated heterocycles. The van der Waals surface area contributed by atoms with Crippen LogP contribution in [0.4, 0.5) is 0 Å². The molecule has 1 rings (SSSR count). The van der Waals surface area contributed by atoms with E-state index in [0.29, 0.717) is 0 Å². The predicted molar refractivity (Wildman–Crippen MR) is 87.3 cm³/mol. The predicted octanol–water partition coefficient (Wildman–Crippen LogP) is 4.67. The summed E-state index contributed by atoms with van der Waals surface area (Å²) < 4.78 is 0. The fourth-order valence-electron chi connectivity index (χ4n) is 2.33. The Kier molecular flexibility index (Phi) is 4.89. The second-order valence-electron chi connectivity index (χ2n) is 5.52. The van der Waals surface area contributed by atoms with Gasteiger partial charge in [0.1, 0.15) is 0 Å². The normalized spacial score (nSPS) is 11.4. The van der Waals surface area contributed by atoms with Gasteiger partial charge in [-0.1, -0.05) is 18.2 Å². The van der Waals surface area contributed by atoms with Crippen molar-refractivity contribution in [2.45, 2.75) is 45.7 Å². The molecule has 0 atom stereocenters. The molecule has 0 heterocycles. The van der Waals surface area contributed by atoms with E-state index in [1.807, 2.05) is 33.8 Å². The minimum atomic E-state index is -0.434. The van der Waals surface area contributed by atoms with Crippen LogP contribution in [0.25, 0.3) is 0 Å². The minimum Gasteiger partial charge on any atom is -0.221 e. The van der Waals surface area contributed by atoms with Crippen LogP contribution in [0.3, 0.4) is 0 Å². The van der Waals surface area contributed by atoms with E-state index in [1.165, 1.54) is 0 Å². The van der Waals surface area contributed by atoms with Crippen molar-refractivity contribution >= 4 is 34.8 Å². The van der Waals surface area contributed by atoms with Gasteiger partial charge in [-0.15, -0.1) is 0 Å². The Bertz CT molecular complexity index is 576. The fraction of sp³-hybridized carbons (Fsp3) is 0.467. The van der Waals surface area contributed by atoms with Crippen molar-refractivity contribution in [2.24, 2.45) is 9.98 Å². The van der Waals surface area contributed by atoms with E-state index in [4.69, 9.17) is 24.4 Å². The highest BCUT2D eigenvalue weighted by Crippen LogP contribution is 2.37. The number of benzene rings is 1. The average molecular weight is 290 g/mol. The Balaban J connectivity index is 3.65. The lowest BCUT2D eigenvalue weighted by Crippen LogP contribution is -2.24. The zero-order valence-electron chi connectivity index (χ0n) is 11.9. The maximum atomic E-state index is 4.76. The first kappa shape index (κ1) is 15.9. The van der Waals surface area contributed by atoms with E-state index >= 15 is 0 Å². The molecule has 0 N–H and O–H groups in total. The van der Waals surface area contributed by atoms with Crippen LogP contribution < -0.4 is 0 Å². The van der Waals surface area contributed by atoms with E-state index in [9.17, 15) is 0 Å². The van der Waals surface area contributed by atoms with Crippen LogP contribution in [0.2, 0.25) is 0 Å². The Morgan fingerprint density at radius 1 is 0.947 bits per heavy atom. The largest absolute Gasteiger partial charge is 0.221 e. The van der Waals surface area contributed by atoms with Gasteiger partial charge in [0.05, 0.1) is 21.4 Å². The van der Waals surface area contributed by atoms with Gasteiger partial charge in [0, 0.05) is 0 Å². The molecule has 0 unspecified atom stereocenters. The second kappa shape index (κ2) is 5.85. The molecule has 1 aromatic rings. The van der Waals surface area contributed by atoms with E-state index in [0.717, 1.165) is 16.7 Å². The molecule has 0 fully saturated rings.